The number of hydrogen-bond donors (Lipinski definition) is 2. The van der Waals surface area contributed by atoms with E-state index in [0.29, 0.717) is 6.04 Å². The van der Waals surface area contributed by atoms with Gasteiger partial charge in [-0.25, -0.2) is 0 Å². The van der Waals surface area contributed by atoms with E-state index in [0.717, 1.165) is 11.9 Å². The van der Waals surface area contributed by atoms with Crippen LogP contribution in [0.2, 0.25) is 0 Å². The fourth-order valence-corrected chi connectivity index (χ4v) is 2.04. The summed E-state index contributed by atoms with van der Waals surface area (Å²) >= 11 is 0. The van der Waals surface area contributed by atoms with Crippen molar-refractivity contribution < 1.29 is 0 Å². The third-order valence-corrected chi connectivity index (χ3v) is 2.97. The van der Waals surface area contributed by atoms with Gasteiger partial charge in [0.15, 0.2) is 0 Å². The largest absolute Gasteiger partial charge is 0.382 e. The van der Waals surface area contributed by atoms with Gasteiger partial charge in [-0.3, -0.25) is 5.10 Å². The lowest BCUT2D eigenvalue weighted by Crippen LogP contribution is -2.17. The smallest absolute Gasteiger partial charge is 0.0671 e. The minimum absolute atomic E-state index is 0.561. The van der Waals surface area contributed by atoms with Crippen molar-refractivity contribution in [3.05, 3.63) is 24.4 Å². The molecule has 0 radical (unpaired) electrons. The number of fused-ring (bicyclic) bond motifs is 1. The maximum Gasteiger partial charge on any atom is 0.0671 e. The lowest BCUT2D eigenvalue weighted by Gasteiger charge is -2.17. The second-order valence-corrected chi connectivity index (χ2v) is 4.17. The van der Waals surface area contributed by atoms with Gasteiger partial charge in [0, 0.05) is 17.1 Å². The molecule has 16 heavy (non-hydrogen) atoms. The first-order chi connectivity index (χ1) is 7.85. The zero-order valence-electron chi connectivity index (χ0n) is 9.96. The third-order valence-electron chi connectivity index (χ3n) is 2.97. The van der Waals surface area contributed by atoms with Gasteiger partial charge in [-0.1, -0.05) is 26.3 Å². The van der Waals surface area contributed by atoms with Gasteiger partial charge in [0.1, 0.15) is 0 Å². The lowest BCUT2D eigenvalue weighted by atomic mass is 10.1. The molecular formula is C13H19N3. The number of hydrogen-bond acceptors (Lipinski definition) is 2. The van der Waals surface area contributed by atoms with Crippen LogP contribution >= 0.6 is 0 Å². The van der Waals surface area contributed by atoms with Gasteiger partial charge in [0.05, 0.1) is 11.7 Å². The van der Waals surface area contributed by atoms with Gasteiger partial charge in [-0.05, 0) is 25.0 Å². The molecule has 1 aromatic carbocycles. The summed E-state index contributed by atoms with van der Waals surface area (Å²) in [6.45, 7) is 4.45. The molecule has 0 fully saturated rings. The monoisotopic (exact) mass is 217 g/mol. The second kappa shape index (κ2) is 5.01. The fraction of sp³-hybridized carbons (Fsp3) is 0.462. The summed E-state index contributed by atoms with van der Waals surface area (Å²) in [6.07, 6.45) is 5.47. The van der Waals surface area contributed by atoms with Gasteiger partial charge in [0.2, 0.25) is 0 Å². The molecule has 3 heteroatoms. The third kappa shape index (κ3) is 2.18. The summed E-state index contributed by atoms with van der Waals surface area (Å²) in [7, 11) is 0. The Morgan fingerprint density at radius 1 is 1.38 bits per heavy atom. The van der Waals surface area contributed by atoms with Crippen molar-refractivity contribution >= 4 is 16.6 Å². The van der Waals surface area contributed by atoms with Crippen molar-refractivity contribution in [2.45, 2.75) is 39.2 Å². The minimum Gasteiger partial charge on any atom is -0.382 e. The number of H-pyrrole nitrogens is 1. The van der Waals surface area contributed by atoms with E-state index in [1.807, 2.05) is 12.3 Å². The van der Waals surface area contributed by atoms with Crippen LogP contribution in [0.15, 0.2) is 24.4 Å². The Balaban J connectivity index is 2.22. The van der Waals surface area contributed by atoms with Crippen LogP contribution < -0.4 is 5.32 Å². The molecule has 1 heterocycles. The zero-order valence-corrected chi connectivity index (χ0v) is 9.96. The van der Waals surface area contributed by atoms with E-state index in [-0.39, 0.29) is 0 Å². The molecule has 1 unspecified atom stereocenters. The molecule has 0 aliphatic heterocycles. The van der Waals surface area contributed by atoms with E-state index in [1.54, 1.807) is 0 Å². The lowest BCUT2D eigenvalue weighted by molar-refractivity contribution is 0.623. The molecule has 1 aromatic heterocycles. The summed E-state index contributed by atoms with van der Waals surface area (Å²) in [6, 6.07) is 6.79. The Kier molecular flexibility index (Phi) is 3.44. The Hall–Kier alpha value is -1.51. The molecule has 86 valence electrons. The van der Waals surface area contributed by atoms with E-state index in [1.165, 1.54) is 23.9 Å². The number of rotatable bonds is 5. The first-order valence-corrected chi connectivity index (χ1v) is 6.03. The van der Waals surface area contributed by atoms with Crippen molar-refractivity contribution in [1.82, 2.24) is 10.2 Å². The molecule has 0 saturated heterocycles. The van der Waals surface area contributed by atoms with Crippen LogP contribution in [-0.4, -0.2) is 16.2 Å². The average Bonchev–Trinajstić information content (AvgIpc) is 2.77. The molecule has 2 rings (SSSR count). The molecule has 2 N–H and O–H groups in total. The highest BCUT2D eigenvalue weighted by molar-refractivity contribution is 5.90. The number of nitrogens with one attached hydrogen (secondary N) is 2. The number of aromatic amines is 1. The van der Waals surface area contributed by atoms with Gasteiger partial charge in [-0.15, -0.1) is 0 Å². The number of nitrogens with zero attached hydrogens (tertiary/aromatic N) is 1. The van der Waals surface area contributed by atoms with Gasteiger partial charge >= 0.3 is 0 Å². The van der Waals surface area contributed by atoms with Gasteiger partial charge < -0.3 is 5.32 Å². The SMILES string of the molecule is CCCC(CC)Nc1cccc2[nH]ncc12. The van der Waals surface area contributed by atoms with Crippen molar-refractivity contribution in [3.8, 4) is 0 Å². The van der Waals surface area contributed by atoms with E-state index < -0.39 is 0 Å². The molecule has 0 bridgehead atoms. The van der Waals surface area contributed by atoms with Crippen LogP contribution in [0.1, 0.15) is 33.1 Å². The highest BCUT2D eigenvalue weighted by Gasteiger charge is 2.07. The summed E-state index contributed by atoms with van der Waals surface area (Å²) in [5.41, 5.74) is 2.28. The first kappa shape index (κ1) is 11.0. The average molecular weight is 217 g/mol. The van der Waals surface area contributed by atoms with Crippen molar-refractivity contribution in [3.63, 3.8) is 0 Å². The standard InChI is InChI=1S/C13H19N3/c1-3-6-10(4-2)15-12-7-5-8-13-11(12)9-14-16-13/h5,7-10,15H,3-4,6H2,1-2H3,(H,14,16). The summed E-state index contributed by atoms with van der Waals surface area (Å²) in [4.78, 5) is 0. The Bertz CT molecular complexity index is 447. The molecular weight excluding hydrogens is 198 g/mol. The predicted octanol–water partition coefficient (Wildman–Crippen LogP) is 3.55. The van der Waals surface area contributed by atoms with E-state index in [4.69, 9.17) is 0 Å². The van der Waals surface area contributed by atoms with Gasteiger partial charge in [0.25, 0.3) is 0 Å². The molecule has 2 aromatic rings. The predicted molar refractivity (Wildman–Crippen MR) is 68.7 cm³/mol. The Morgan fingerprint density at radius 3 is 3.00 bits per heavy atom. The van der Waals surface area contributed by atoms with Crippen LogP contribution in [-0.2, 0) is 0 Å². The highest BCUT2D eigenvalue weighted by atomic mass is 15.1. The quantitative estimate of drug-likeness (QED) is 0.804. The van der Waals surface area contributed by atoms with Crippen molar-refractivity contribution in [2.75, 3.05) is 5.32 Å². The summed E-state index contributed by atoms with van der Waals surface area (Å²) in [5.74, 6) is 0. The topological polar surface area (TPSA) is 40.7 Å². The molecule has 0 aliphatic carbocycles. The molecule has 0 spiro atoms. The molecule has 1 atom stereocenters. The Labute approximate surface area is 96.2 Å². The van der Waals surface area contributed by atoms with Crippen LogP contribution in [0.3, 0.4) is 0 Å². The molecule has 0 aliphatic rings. The zero-order chi connectivity index (χ0) is 11.4. The van der Waals surface area contributed by atoms with Gasteiger partial charge in [-0.2, -0.15) is 5.10 Å². The van der Waals surface area contributed by atoms with E-state index >= 15 is 0 Å². The number of anilines is 1. The van der Waals surface area contributed by atoms with Crippen LogP contribution in [0, 0.1) is 0 Å². The molecule has 0 saturated carbocycles. The fourth-order valence-electron chi connectivity index (χ4n) is 2.04. The van der Waals surface area contributed by atoms with E-state index in [9.17, 15) is 0 Å². The number of benzene rings is 1. The number of aromatic nitrogens is 2. The van der Waals surface area contributed by atoms with Crippen LogP contribution in [0.5, 0.6) is 0 Å². The molecule has 0 amide bonds. The van der Waals surface area contributed by atoms with Crippen LogP contribution in [0.4, 0.5) is 5.69 Å². The van der Waals surface area contributed by atoms with Crippen molar-refractivity contribution in [2.24, 2.45) is 0 Å². The second-order valence-electron chi connectivity index (χ2n) is 4.17. The maximum absolute atomic E-state index is 4.08. The summed E-state index contributed by atoms with van der Waals surface area (Å²) in [5, 5.41) is 11.8. The normalized spacial score (nSPS) is 12.9. The maximum atomic E-state index is 4.08. The molecule has 3 nitrogen and oxygen atoms in total. The summed E-state index contributed by atoms with van der Waals surface area (Å²) < 4.78 is 0. The Morgan fingerprint density at radius 2 is 2.25 bits per heavy atom. The first-order valence-electron chi connectivity index (χ1n) is 6.03. The minimum atomic E-state index is 0.561. The van der Waals surface area contributed by atoms with Crippen molar-refractivity contribution in [1.29, 1.82) is 0 Å². The highest BCUT2D eigenvalue weighted by Crippen LogP contribution is 2.23. The van der Waals surface area contributed by atoms with Crippen LogP contribution in [0.25, 0.3) is 10.9 Å². The van der Waals surface area contributed by atoms with E-state index in [2.05, 4.69) is 41.5 Å².